The van der Waals surface area contributed by atoms with E-state index in [0.717, 1.165) is 43.5 Å². The summed E-state index contributed by atoms with van der Waals surface area (Å²) < 4.78 is 6.56. The van der Waals surface area contributed by atoms with Crippen LogP contribution in [0, 0.1) is 0 Å². The molecule has 6 heteroatoms. The quantitative estimate of drug-likeness (QED) is 0.913. The number of likely N-dealkylation sites (tertiary alicyclic amines) is 1. The van der Waals surface area contributed by atoms with Gasteiger partial charge in [-0.3, -0.25) is 9.59 Å². The van der Waals surface area contributed by atoms with Gasteiger partial charge in [-0.2, -0.15) is 0 Å². The van der Waals surface area contributed by atoms with E-state index in [1.807, 2.05) is 28.5 Å². The van der Waals surface area contributed by atoms with Crippen LogP contribution in [-0.4, -0.2) is 48.6 Å². The summed E-state index contributed by atoms with van der Waals surface area (Å²) in [4.78, 5) is 27.0. The molecule has 0 spiro atoms. The molecule has 25 heavy (non-hydrogen) atoms. The lowest BCUT2D eigenvalue weighted by atomic mass is 10.1. The molecular weight excluding hydrogens is 336 g/mol. The maximum atomic E-state index is 12.6. The zero-order valence-corrected chi connectivity index (χ0v) is 14.9. The van der Waals surface area contributed by atoms with E-state index in [1.54, 1.807) is 11.3 Å². The Balaban J connectivity index is 1.37. The number of carbonyl (C=O) groups excluding carboxylic acids is 2. The topological polar surface area (TPSA) is 58.6 Å². The van der Waals surface area contributed by atoms with E-state index in [1.165, 1.54) is 4.70 Å². The normalized spacial score (nSPS) is 21.8. The summed E-state index contributed by atoms with van der Waals surface area (Å²) in [6, 6.07) is 7.99. The second-order valence-corrected chi connectivity index (χ2v) is 7.63. The minimum absolute atomic E-state index is 0.0652. The Labute approximate surface area is 151 Å². The minimum Gasteiger partial charge on any atom is -0.381 e. The van der Waals surface area contributed by atoms with Crippen molar-refractivity contribution in [2.24, 2.45) is 0 Å². The molecular formula is C19H22N2O3S. The van der Waals surface area contributed by atoms with Gasteiger partial charge in [-0.25, -0.2) is 0 Å². The third-order valence-corrected chi connectivity index (χ3v) is 6.13. The summed E-state index contributed by atoms with van der Waals surface area (Å²) in [6.45, 7) is 2.17. The molecule has 0 radical (unpaired) electrons. The Hall–Kier alpha value is -1.92. The van der Waals surface area contributed by atoms with Crippen molar-refractivity contribution in [2.75, 3.05) is 19.8 Å². The SMILES string of the molecule is O=C(Cc1csc2ccccc12)NC1CCN(C2CCOCC2)C1=O. The standard InChI is InChI=1S/C19H22N2O3S/c22-18(11-13-12-25-17-4-2-1-3-15(13)17)20-16-5-8-21(19(16)23)14-6-9-24-10-7-14/h1-4,12,14,16H,5-11H2,(H,20,22). The van der Waals surface area contributed by atoms with Crippen molar-refractivity contribution in [3.8, 4) is 0 Å². The first-order valence-corrected chi connectivity index (χ1v) is 9.73. The molecule has 132 valence electrons. The van der Waals surface area contributed by atoms with E-state index in [4.69, 9.17) is 4.74 Å². The third-order valence-electron chi connectivity index (χ3n) is 5.12. The van der Waals surface area contributed by atoms with Crippen molar-refractivity contribution in [3.05, 3.63) is 35.2 Å². The molecule has 0 bridgehead atoms. The van der Waals surface area contributed by atoms with Gasteiger partial charge in [-0.05, 0) is 41.7 Å². The molecule has 1 aromatic carbocycles. The molecule has 4 rings (SSSR count). The second-order valence-electron chi connectivity index (χ2n) is 6.72. The van der Waals surface area contributed by atoms with E-state index < -0.39 is 0 Å². The molecule has 2 aliphatic heterocycles. The molecule has 2 aromatic rings. The fraction of sp³-hybridized carbons (Fsp3) is 0.474. The first-order chi connectivity index (χ1) is 12.2. The summed E-state index contributed by atoms with van der Waals surface area (Å²) in [7, 11) is 0. The number of benzene rings is 1. The van der Waals surface area contributed by atoms with Crippen LogP contribution < -0.4 is 5.32 Å². The summed E-state index contributed by atoms with van der Waals surface area (Å²) in [6.07, 6.45) is 2.82. The Bertz CT molecular complexity index is 782. The van der Waals surface area contributed by atoms with Crippen LogP contribution in [-0.2, 0) is 20.7 Å². The lowest BCUT2D eigenvalue weighted by Gasteiger charge is -2.31. The first kappa shape index (κ1) is 16.5. The summed E-state index contributed by atoms with van der Waals surface area (Å²) >= 11 is 1.65. The lowest BCUT2D eigenvalue weighted by Crippen LogP contribution is -2.46. The van der Waals surface area contributed by atoms with Crippen molar-refractivity contribution in [2.45, 2.75) is 37.8 Å². The van der Waals surface area contributed by atoms with Crippen LogP contribution in [0.4, 0.5) is 0 Å². The smallest absolute Gasteiger partial charge is 0.245 e. The molecule has 2 amide bonds. The Morgan fingerprint density at radius 3 is 2.88 bits per heavy atom. The van der Waals surface area contributed by atoms with E-state index >= 15 is 0 Å². The highest BCUT2D eigenvalue weighted by molar-refractivity contribution is 7.17. The molecule has 1 atom stereocenters. The fourth-order valence-electron chi connectivity index (χ4n) is 3.78. The molecule has 1 unspecified atom stereocenters. The van der Waals surface area contributed by atoms with Gasteiger partial charge in [0, 0.05) is 30.5 Å². The van der Waals surface area contributed by atoms with Crippen LogP contribution in [0.25, 0.3) is 10.1 Å². The molecule has 5 nitrogen and oxygen atoms in total. The van der Waals surface area contributed by atoms with Crippen LogP contribution in [0.3, 0.4) is 0 Å². The number of ether oxygens (including phenoxy) is 1. The van der Waals surface area contributed by atoms with E-state index in [9.17, 15) is 9.59 Å². The number of carbonyl (C=O) groups is 2. The summed E-state index contributed by atoms with van der Waals surface area (Å²) in [5.41, 5.74) is 1.03. The number of amides is 2. The predicted octanol–water partition coefficient (Wildman–Crippen LogP) is 2.34. The summed E-state index contributed by atoms with van der Waals surface area (Å²) in [5.74, 6) is -0.00819. The number of rotatable bonds is 4. The van der Waals surface area contributed by atoms with Crippen LogP contribution in [0.2, 0.25) is 0 Å². The maximum absolute atomic E-state index is 12.6. The number of nitrogens with one attached hydrogen (secondary N) is 1. The largest absolute Gasteiger partial charge is 0.381 e. The van der Waals surface area contributed by atoms with Gasteiger partial charge < -0.3 is 15.0 Å². The Morgan fingerprint density at radius 1 is 1.24 bits per heavy atom. The van der Waals surface area contributed by atoms with E-state index in [0.29, 0.717) is 12.8 Å². The second kappa shape index (κ2) is 7.14. The molecule has 0 aliphatic carbocycles. The van der Waals surface area contributed by atoms with Crippen LogP contribution in [0.1, 0.15) is 24.8 Å². The Morgan fingerprint density at radius 2 is 2.04 bits per heavy atom. The number of thiophene rings is 1. The summed E-state index contributed by atoms with van der Waals surface area (Å²) in [5, 5.41) is 6.11. The van der Waals surface area contributed by atoms with Gasteiger partial charge in [0.2, 0.25) is 11.8 Å². The first-order valence-electron chi connectivity index (χ1n) is 8.85. The van der Waals surface area contributed by atoms with Crippen LogP contribution in [0.15, 0.2) is 29.6 Å². The number of nitrogens with zero attached hydrogens (tertiary/aromatic N) is 1. The molecule has 3 heterocycles. The van der Waals surface area contributed by atoms with Gasteiger partial charge in [0.05, 0.1) is 6.42 Å². The molecule has 0 saturated carbocycles. The highest BCUT2D eigenvalue weighted by Crippen LogP contribution is 2.26. The number of hydrogen-bond donors (Lipinski definition) is 1. The molecule has 1 N–H and O–H groups in total. The van der Waals surface area contributed by atoms with Gasteiger partial charge in [-0.1, -0.05) is 18.2 Å². The van der Waals surface area contributed by atoms with Gasteiger partial charge >= 0.3 is 0 Å². The average Bonchev–Trinajstić information content (AvgIpc) is 3.20. The molecule has 1 aromatic heterocycles. The van der Waals surface area contributed by atoms with Crippen molar-refractivity contribution in [1.82, 2.24) is 10.2 Å². The predicted molar refractivity (Wildman–Crippen MR) is 97.6 cm³/mol. The number of fused-ring (bicyclic) bond motifs is 1. The highest BCUT2D eigenvalue weighted by Gasteiger charge is 2.37. The van der Waals surface area contributed by atoms with Gasteiger partial charge in [0.1, 0.15) is 6.04 Å². The van der Waals surface area contributed by atoms with Crippen LogP contribution in [0.5, 0.6) is 0 Å². The zero-order chi connectivity index (χ0) is 17.2. The van der Waals surface area contributed by atoms with Crippen molar-refractivity contribution in [1.29, 1.82) is 0 Å². The molecule has 2 fully saturated rings. The molecule has 2 aliphatic rings. The third kappa shape index (κ3) is 3.41. The monoisotopic (exact) mass is 358 g/mol. The van der Waals surface area contributed by atoms with Crippen molar-refractivity contribution >= 4 is 33.2 Å². The zero-order valence-electron chi connectivity index (χ0n) is 14.1. The minimum atomic E-state index is -0.375. The van der Waals surface area contributed by atoms with Gasteiger partial charge in [0.25, 0.3) is 0 Å². The van der Waals surface area contributed by atoms with Crippen molar-refractivity contribution < 1.29 is 14.3 Å². The van der Waals surface area contributed by atoms with E-state index in [2.05, 4.69) is 11.4 Å². The Kier molecular flexibility index (Phi) is 4.72. The lowest BCUT2D eigenvalue weighted by molar-refractivity contribution is -0.135. The van der Waals surface area contributed by atoms with Crippen molar-refractivity contribution in [3.63, 3.8) is 0 Å². The fourth-order valence-corrected chi connectivity index (χ4v) is 4.75. The number of hydrogen-bond acceptors (Lipinski definition) is 4. The average molecular weight is 358 g/mol. The highest BCUT2D eigenvalue weighted by atomic mass is 32.1. The van der Waals surface area contributed by atoms with E-state index in [-0.39, 0.29) is 23.9 Å². The van der Waals surface area contributed by atoms with Crippen LogP contribution >= 0.6 is 11.3 Å². The van der Waals surface area contributed by atoms with Gasteiger partial charge in [0.15, 0.2) is 0 Å². The van der Waals surface area contributed by atoms with Gasteiger partial charge in [-0.15, -0.1) is 11.3 Å². The molecule has 2 saturated heterocycles. The maximum Gasteiger partial charge on any atom is 0.245 e.